The number of nitrogens with one attached hydrogen (secondary N) is 1. The van der Waals surface area contributed by atoms with Crippen molar-refractivity contribution >= 4 is 43.5 Å². The minimum absolute atomic E-state index is 0.0670. The first-order chi connectivity index (χ1) is 6.00. The highest BCUT2D eigenvalue weighted by Crippen LogP contribution is 2.28. The van der Waals surface area contributed by atoms with Crippen LogP contribution < -0.4 is 5.32 Å². The maximum absolute atomic E-state index is 10.8. The second-order valence-corrected chi connectivity index (χ2v) is 4.45. The van der Waals surface area contributed by atoms with Crippen LogP contribution in [0, 0.1) is 6.92 Å². The van der Waals surface area contributed by atoms with Crippen LogP contribution in [0.25, 0.3) is 0 Å². The quantitative estimate of drug-likeness (QED) is 0.845. The van der Waals surface area contributed by atoms with Gasteiger partial charge in [0.15, 0.2) is 0 Å². The molecule has 0 heterocycles. The molecule has 0 aromatic heterocycles. The molecule has 70 valence electrons. The van der Waals surface area contributed by atoms with Crippen molar-refractivity contribution in [3.05, 3.63) is 26.6 Å². The van der Waals surface area contributed by atoms with E-state index in [1.54, 1.807) is 0 Å². The van der Waals surface area contributed by atoms with E-state index >= 15 is 0 Å². The average Bonchev–Trinajstić information content (AvgIpc) is 1.98. The smallest absolute Gasteiger partial charge is 0.221 e. The summed E-state index contributed by atoms with van der Waals surface area (Å²) in [5.74, 6) is -0.0670. The number of rotatable bonds is 1. The van der Waals surface area contributed by atoms with Gasteiger partial charge >= 0.3 is 0 Å². The minimum atomic E-state index is -0.0670. The molecule has 2 nitrogen and oxygen atoms in total. The number of halogens is 2. The summed E-state index contributed by atoms with van der Waals surface area (Å²) < 4.78 is 1.95. The molecule has 4 heteroatoms. The standard InChI is InChI=1S/C9H9Br2NO/c1-5-8(10)3-7(4-9(5)11)12-6(2)13/h3-4H,1-2H3,(H,12,13). The summed E-state index contributed by atoms with van der Waals surface area (Å²) in [6.07, 6.45) is 0. The fraction of sp³-hybridized carbons (Fsp3) is 0.222. The van der Waals surface area contributed by atoms with Gasteiger partial charge in [0.25, 0.3) is 0 Å². The highest BCUT2D eigenvalue weighted by atomic mass is 79.9. The van der Waals surface area contributed by atoms with Gasteiger partial charge in [-0.05, 0) is 24.6 Å². The second-order valence-electron chi connectivity index (χ2n) is 2.75. The van der Waals surface area contributed by atoms with Crippen molar-refractivity contribution in [3.63, 3.8) is 0 Å². The number of amides is 1. The Morgan fingerprint density at radius 3 is 2.15 bits per heavy atom. The van der Waals surface area contributed by atoms with Crippen molar-refractivity contribution in [2.45, 2.75) is 13.8 Å². The van der Waals surface area contributed by atoms with Gasteiger partial charge in [0.05, 0.1) is 0 Å². The Hall–Kier alpha value is -0.350. The van der Waals surface area contributed by atoms with E-state index in [1.165, 1.54) is 6.92 Å². The molecule has 0 aliphatic heterocycles. The summed E-state index contributed by atoms with van der Waals surface area (Å²) >= 11 is 6.81. The van der Waals surface area contributed by atoms with Crippen molar-refractivity contribution in [2.24, 2.45) is 0 Å². The summed E-state index contributed by atoms with van der Waals surface area (Å²) in [5, 5.41) is 2.71. The lowest BCUT2D eigenvalue weighted by Crippen LogP contribution is -2.05. The Morgan fingerprint density at radius 1 is 1.31 bits per heavy atom. The van der Waals surface area contributed by atoms with Crippen LogP contribution in [-0.2, 0) is 4.79 Å². The van der Waals surface area contributed by atoms with Crippen molar-refractivity contribution in [1.82, 2.24) is 0 Å². The van der Waals surface area contributed by atoms with Gasteiger partial charge in [-0.1, -0.05) is 31.9 Å². The summed E-state index contributed by atoms with van der Waals surface area (Å²) in [6, 6.07) is 3.75. The van der Waals surface area contributed by atoms with E-state index in [0.717, 1.165) is 20.2 Å². The van der Waals surface area contributed by atoms with Crippen molar-refractivity contribution < 1.29 is 4.79 Å². The van der Waals surface area contributed by atoms with Gasteiger partial charge in [-0.15, -0.1) is 0 Å². The first-order valence-electron chi connectivity index (χ1n) is 3.74. The van der Waals surface area contributed by atoms with Crippen LogP contribution in [0.2, 0.25) is 0 Å². The summed E-state index contributed by atoms with van der Waals surface area (Å²) in [5.41, 5.74) is 1.91. The summed E-state index contributed by atoms with van der Waals surface area (Å²) in [7, 11) is 0. The molecule has 0 atom stereocenters. The fourth-order valence-electron chi connectivity index (χ4n) is 0.921. The molecular formula is C9H9Br2NO. The normalized spacial score (nSPS) is 9.85. The number of benzene rings is 1. The molecule has 1 amide bonds. The molecule has 13 heavy (non-hydrogen) atoms. The molecule has 0 saturated heterocycles. The van der Waals surface area contributed by atoms with E-state index in [4.69, 9.17) is 0 Å². The number of hydrogen-bond acceptors (Lipinski definition) is 1. The van der Waals surface area contributed by atoms with E-state index in [9.17, 15) is 4.79 Å². The third kappa shape index (κ3) is 2.81. The van der Waals surface area contributed by atoms with Crippen LogP contribution in [0.1, 0.15) is 12.5 Å². The second kappa shape index (κ2) is 4.24. The third-order valence-corrected chi connectivity index (χ3v) is 3.25. The van der Waals surface area contributed by atoms with E-state index in [0.29, 0.717) is 0 Å². The molecule has 1 rings (SSSR count). The summed E-state index contributed by atoms with van der Waals surface area (Å²) in [4.78, 5) is 10.8. The lowest BCUT2D eigenvalue weighted by atomic mass is 10.2. The van der Waals surface area contributed by atoms with Crippen LogP contribution in [0.5, 0.6) is 0 Å². The number of anilines is 1. The monoisotopic (exact) mass is 305 g/mol. The molecular weight excluding hydrogens is 298 g/mol. The Labute approximate surface area is 94.0 Å². The molecule has 0 unspecified atom stereocenters. The van der Waals surface area contributed by atoms with Gasteiger partial charge in [-0.3, -0.25) is 4.79 Å². The fourth-order valence-corrected chi connectivity index (χ4v) is 2.11. The van der Waals surface area contributed by atoms with Crippen LogP contribution in [0.15, 0.2) is 21.1 Å². The molecule has 0 bridgehead atoms. The molecule has 1 aromatic rings. The van der Waals surface area contributed by atoms with Gasteiger partial charge in [-0.2, -0.15) is 0 Å². The Bertz CT molecular complexity index is 326. The molecule has 1 N–H and O–H groups in total. The maximum Gasteiger partial charge on any atom is 0.221 e. The van der Waals surface area contributed by atoms with Gasteiger partial charge in [0.1, 0.15) is 0 Å². The van der Waals surface area contributed by atoms with E-state index in [1.807, 2.05) is 19.1 Å². The Kier molecular flexibility index (Phi) is 3.50. The highest BCUT2D eigenvalue weighted by molar-refractivity contribution is 9.11. The maximum atomic E-state index is 10.8. The third-order valence-electron chi connectivity index (χ3n) is 1.60. The molecule has 0 fully saturated rings. The molecule has 0 aliphatic rings. The topological polar surface area (TPSA) is 29.1 Å². The predicted octanol–water partition coefficient (Wildman–Crippen LogP) is 3.48. The molecule has 0 aliphatic carbocycles. The molecule has 0 saturated carbocycles. The predicted molar refractivity (Wildman–Crippen MR) is 60.9 cm³/mol. The number of carbonyl (C=O) groups excluding carboxylic acids is 1. The SMILES string of the molecule is CC(=O)Nc1cc(Br)c(C)c(Br)c1. The van der Waals surface area contributed by atoms with Crippen molar-refractivity contribution in [2.75, 3.05) is 5.32 Å². The zero-order chi connectivity index (χ0) is 10.0. The molecule has 1 aromatic carbocycles. The molecule has 0 spiro atoms. The average molecular weight is 307 g/mol. The minimum Gasteiger partial charge on any atom is -0.326 e. The Morgan fingerprint density at radius 2 is 1.77 bits per heavy atom. The first kappa shape index (κ1) is 10.7. The van der Waals surface area contributed by atoms with Crippen molar-refractivity contribution in [3.8, 4) is 0 Å². The Balaban J connectivity index is 3.06. The number of hydrogen-bond donors (Lipinski definition) is 1. The van der Waals surface area contributed by atoms with Crippen LogP contribution in [-0.4, -0.2) is 5.91 Å². The van der Waals surface area contributed by atoms with Gasteiger partial charge < -0.3 is 5.32 Å². The number of carbonyl (C=O) groups is 1. The van der Waals surface area contributed by atoms with Gasteiger partial charge in [0.2, 0.25) is 5.91 Å². The lowest BCUT2D eigenvalue weighted by Gasteiger charge is -2.06. The van der Waals surface area contributed by atoms with E-state index < -0.39 is 0 Å². The van der Waals surface area contributed by atoms with Gasteiger partial charge in [0, 0.05) is 21.6 Å². The van der Waals surface area contributed by atoms with E-state index in [-0.39, 0.29) is 5.91 Å². The van der Waals surface area contributed by atoms with Crippen molar-refractivity contribution in [1.29, 1.82) is 0 Å². The first-order valence-corrected chi connectivity index (χ1v) is 5.32. The van der Waals surface area contributed by atoms with E-state index in [2.05, 4.69) is 37.2 Å². The van der Waals surface area contributed by atoms with Crippen LogP contribution >= 0.6 is 31.9 Å². The lowest BCUT2D eigenvalue weighted by molar-refractivity contribution is -0.114. The molecule has 0 radical (unpaired) electrons. The largest absolute Gasteiger partial charge is 0.326 e. The summed E-state index contributed by atoms with van der Waals surface area (Å²) in [6.45, 7) is 3.48. The van der Waals surface area contributed by atoms with Crippen LogP contribution in [0.3, 0.4) is 0 Å². The van der Waals surface area contributed by atoms with Crippen LogP contribution in [0.4, 0.5) is 5.69 Å². The van der Waals surface area contributed by atoms with Gasteiger partial charge in [-0.25, -0.2) is 0 Å². The zero-order valence-corrected chi connectivity index (χ0v) is 10.5. The highest BCUT2D eigenvalue weighted by Gasteiger charge is 2.03. The zero-order valence-electron chi connectivity index (χ0n) is 7.32.